The molecule has 1 aromatic heterocycles. The fraction of sp³-hybridized carbons (Fsp3) is 0.529. The van der Waals surface area contributed by atoms with Crippen LogP contribution in [0.5, 0.6) is 0 Å². The summed E-state index contributed by atoms with van der Waals surface area (Å²) in [7, 11) is 0. The van der Waals surface area contributed by atoms with Crippen LogP contribution in [-0.2, 0) is 16.8 Å². The van der Waals surface area contributed by atoms with Gasteiger partial charge in [-0.05, 0) is 16.0 Å². The van der Waals surface area contributed by atoms with Crippen molar-refractivity contribution in [2.45, 2.75) is 25.8 Å². The zero-order valence-corrected chi connectivity index (χ0v) is 14.3. The molecule has 2 aromatic rings. The van der Waals surface area contributed by atoms with Crippen LogP contribution < -0.4 is 0 Å². The highest BCUT2D eigenvalue weighted by molar-refractivity contribution is 5.75. The van der Waals surface area contributed by atoms with E-state index in [1.54, 1.807) is 0 Å². The second-order valence-corrected chi connectivity index (χ2v) is 6.91. The largest absolute Gasteiger partial charge is 0.339 e. The molecule has 128 valence electrons. The Kier molecular flexibility index (Phi) is 4.89. The summed E-state index contributed by atoms with van der Waals surface area (Å²) in [5.74, 6) is 0.0734. The fourth-order valence-corrected chi connectivity index (χ4v) is 3.19. The Morgan fingerprint density at radius 2 is 1.83 bits per heavy atom. The van der Waals surface area contributed by atoms with Crippen molar-refractivity contribution in [3.8, 4) is 0 Å². The first-order valence-corrected chi connectivity index (χ1v) is 8.31. The van der Waals surface area contributed by atoms with E-state index in [1.807, 2.05) is 4.90 Å². The van der Waals surface area contributed by atoms with Gasteiger partial charge in [0.1, 0.15) is 12.9 Å². The molecule has 3 rings (SSSR count). The van der Waals surface area contributed by atoms with Crippen LogP contribution in [0.25, 0.3) is 0 Å². The van der Waals surface area contributed by atoms with Crippen LogP contribution in [0.15, 0.2) is 36.7 Å². The minimum absolute atomic E-state index is 0.0734. The summed E-state index contributed by atoms with van der Waals surface area (Å²) in [5.41, 5.74) is 1.45. The van der Waals surface area contributed by atoms with Gasteiger partial charge in [-0.3, -0.25) is 9.69 Å². The monoisotopic (exact) mass is 328 g/mol. The van der Waals surface area contributed by atoms with Crippen molar-refractivity contribution < 1.29 is 4.79 Å². The van der Waals surface area contributed by atoms with Crippen LogP contribution in [0.1, 0.15) is 19.4 Å². The molecule has 0 aliphatic carbocycles. The number of carbonyl (C=O) groups excluding carboxylic acids is 1. The number of hydrogen-bond acceptors (Lipinski definition) is 5. The lowest BCUT2D eigenvalue weighted by Crippen LogP contribution is -2.52. The zero-order chi connectivity index (χ0) is 17.0. The van der Waals surface area contributed by atoms with Gasteiger partial charge in [-0.25, -0.2) is 4.68 Å². The molecule has 0 radical (unpaired) electrons. The highest BCUT2D eigenvalue weighted by Gasteiger charge is 2.27. The molecule has 0 saturated carbocycles. The van der Waals surface area contributed by atoms with Gasteiger partial charge in [-0.2, -0.15) is 0 Å². The molecule has 0 unspecified atom stereocenters. The maximum absolute atomic E-state index is 12.3. The number of benzene rings is 1. The van der Waals surface area contributed by atoms with Crippen molar-refractivity contribution in [1.82, 2.24) is 30.0 Å². The Labute approximate surface area is 142 Å². The Hall–Kier alpha value is -2.28. The number of carbonyl (C=O) groups is 1. The maximum atomic E-state index is 12.3. The van der Waals surface area contributed by atoms with E-state index in [2.05, 4.69) is 64.6 Å². The van der Waals surface area contributed by atoms with Crippen molar-refractivity contribution in [3.05, 3.63) is 42.2 Å². The molecule has 1 saturated heterocycles. The van der Waals surface area contributed by atoms with E-state index in [4.69, 9.17) is 0 Å². The van der Waals surface area contributed by atoms with Crippen LogP contribution in [-0.4, -0.2) is 68.6 Å². The summed E-state index contributed by atoms with van der Waals surface area (Å²) in [6.45, 7) is 9.07. The minimum Gasteiger partial charge on any atom is -0.339 e. The number of rotatable bonds is 5. The standard InChI is InChI=1S/C17H24N6O/c1-17(2,15-6-4-3-5-7-15)13-21-8-10-22(11-9-21)16(24)12-23-14-18-19-20-23/h3-7,14H,8-13H2,1-2H3. The van der Waals surface area contributed by atoms with Gasteiger partial charge in [0.2, 0.25) is 5.91 Å². The van der Waals surface area contributed by atoms with Crippen molar-refractivity contribution in [2.75, 3.05) is 32.7 Å². The van der Waals surface area contributed by atoms with Gasteiger partial charge in [-0.15, -0.1) is 5.10 Å². The number of hydrogen-bond donors (Lipinski definition) is 0. The smallest absolute Gasteiger partial charge is 0.244 e. The maximum Gasteiger partial charge on any atom is 0.244 e. The predicted octanol–water partition coefficient (Wildman–Crippen LogP) is 0.795. The molecule has 0 bridgehead atoms. The molecule has 7 heteroatoms. The molecular weight excluding hydrogens is 304 g/mol. The zero-order valence-electron chi connectivity index (χ0n) is 14.3. The third-order valence-corrected chi connectivity index (χ3v) is 4.59. The average molecular weight is 328 g/mol. The Morgan fingerprint density at radius 3 is 2.46 bits per heavy atom. The summed E-state index contributed by atoms with van der Waals surface area (Å²) in [5, 5.41) is 10.9. The second-order valence-electron chi connectivity index (χ2n) is 6.91. The third kappa shape index (κ3) is 3.97. The van der Waals surface area contributed by atoms with Crippen LogP contribution in [0.3, 0.4) is 0 Å². The SMILES string of the molecule is CC(C)(CN1CCN(C(=O)Cn2cnnn2)CC1)c1ccccc1. The number of amides is 1. The minimum atomic E-state index is 0.0734. The molecule has 1 aromatic carbocycles. The molecular formula is C17H24N6O. The van der Waals surface area contributed by atoms with Gasteiger partial charge >= 0.3 is 0 Å². The van der Waals surface area contributed by atoms with E-state index in [-0.39, 0.29) is 17.9 Å². The molecule has 1 aliphatic heterocycles. The summed E-state index contributed by atoms with van der Waals surface area (Å²) in [4.78, 5) is 16.6. The van der Waals surface area contributed by atoms with Crippen molar-refractivity contribution in [1.29, 1.82) is 0 Å². The Balaban J connectivity index is 1.51. The summed E-state index contributed by atoms with van der Waals surface area (Å²) in [6.07, 6.45) is 1.47. The van der Waals surface area contributed by atoms with Crippen LogP contribution in [0, 0.1) is 0 Å². The van der Waals surface area contributed by atoms with Gasteiger partial charge in [-0.1, -0.05) is 44.2 Å². The predicted molar refractivity (Wildman–Crippen MR) is 90.3 cm³/mol. The lowest BCUT2D eigenvalue weighted by molar-refractivity contribution is -0.133. The van der Waals surface area contributed by atoms with Gasteiger partial charge in [0.15, 0.2) is 0 Å². The summed E-state index contributed by atoms with van der Waals surface area (Å²) < 4.78 is 1.47. The number of piperazine rings is 1. The number of nitrogens with zero attached hydrogens (tertiary/aromatic N) is 6. The van der Waals surface area contributed by atoms with E-state index in [9.17, 15) is 4.79 Å². The summed E-state index contributed by atoms with van der Waals surface area (Å²) >= 11 is 0. The molecule has 2 heterocycles. The number of tetrazole rings is 1. The molecule has 1 fully saturated rings. The average Bonchev–Trinajstić information content (AvgIpc) is 3.09. The van der Waals surface area contributed by atoms with E-state index >= 15 is 0 Å². The van der Waals surface area contributed by atoms with E-state index in [0.29, 0.717) is 0 Å². The molecule has 24 heavy (non-hydrogen) atoms. The lowest BCUT2D eigenvalue weighted by Gasteiger charge is -2.39. The lowest BCUT2D eigenvalue weighted by atomic mass is 9.84. The topological polar surface area (TPSA) is 67.2 Å². The quantitative estimate of drug-likeness (QED) is 0.812. The second kappa shape index (κ2) is 7.09. The summed E-state index contributed by atoms with van der Waals surface area (Å²) in [6, 6.07) is 10.6. The van der Waals surface area contributed by atoms with Crippen LogP contribution in [0.2, 0.25) is 0 Å². The van der Waals surface area contributed by atoms with Crippen molar-refractivity contribution in [2.24, 2.45) is 0 Å². The normalized spacial score (nSPS) is 16.3. The first-order chi connectivity index (χ1) is 11.5. The highest BCUT2D eigenvalue weighted by atomic mass is 16.2. The van der Waals surface area contributed by atoms with Gasteiger partial charge in [0.05, 0.1) is 0 Å². The first-order valence-electron chi connectivity index (χ1n) is 8.31. The van der Waals surface area contributed by atoms with Gasteiger partial charge in [0.25, 0.3) is 0 Å². The van der Waals surface area contributed by atoms with Gasteiger partial charge < -0.3 is 4.90 Å². The van der Waals surface area contributed by atoms with E-state index in [1.165, 1.54) is 16.6 Å². The fourth-order valence-electron chi connectivity index (χ4n) is 3.19. The highest BCUT2D eigenvalue weighted by Crippen LogP contribution is 2.24. The van der Waals surface area contributed by atoms with Crippen molar-refractivity contribution in [3.63, 3.8) is 0 Å². The molecule has 0 atom stereocenters. The van der Waals surface area contributed by atoms with E-state index in [0.717, 1.165) is 32.7 Å². The molecule has 7 nitrogen and oxygen atoms in total. The molecule has 0 N–H and O–H groups in total. The molecule has 1 amide bonds. The Morgan fingerprint density at radius 1 is 1.12 bits per heavy atom. The first kappa shape index (κ1) is 16.6. The van der Waals surface area contributed by atoms with E-state index < -0.39 is 0 Å². The van der Waals surface area contributed by atoms with Gasteiger partial charge in [0, 0.05) is 38.1 Å². The van der Waals surface area contributed by atoms with Crippen molar-refractivity contribution >= 4 is 5.91 Å². The molecule has 0 spiro atoms. The Bertz CT molecular complexity index is 647. The number of aromatic nitrogens is 4. The third-order valence-electron chi connectivity index (χ3n) is 4.59. The van der Waals surface area contributed by atoms with Crippen LogP contribution >= 0.6 is 0 Å². The van der Waals surface area contributed by atoms with Crippen LogP contribution in [0.4, 0.5) is 0 Å². The molecule has 1 aliphatic rings.